The second kappa shape index (κ2) is 6.51. The molecule has 0 fully saturated rings. The van der Waals surface area contributed by atoms with Crippen molar-refractivity contribution >= 4 is 11.8 Å². The third-order valence-electron chi connectivity index (χ3n) is 2.76. The number of rotatable bonds is 6. The number of nitrogens with zero attached hydrogens (tertiary/aromatic N) is 5. The lowest BCUT2D eigenvalue weighted by molar-refractivity contribution is 0.556. The smallest absolute Gasteiger partial charge is 0.226 e. The van der Waals surface area contributed by atoms with Crippen LogP contribution in [0.15, 0.2) is 46.2 Å². The molecule has 0 atom stereocenters. The van der Waals surface area contributed by atoms with E-state index in [1.54, 1.807) is 10.9 Å². The third-order valence-corrected chi connectivity index (χ3v) is 3.75. The Hall–Kier alpha value is -2.19. The van der Waals surface area contributed by atoms with Gasteiger partial charge in [-0.15, -0.1) is 5.10 Å². The zero-order chi connectivity index (χ0) is 14.5. The third kappa shape index (κ3) is 3.29. The van der Waals surface area contributed by atoms with Crippen molar-refractivity contribution in [2.45, 2.75) is 17.5 Å². The van der Waals surface area contributed by atoms with Gasteiger partial charge in [0.25, 0.3) is 0 Å². The van der Waals surface area contributed by atoms with Gasteiger partial charge >= 0.3 is 0 Å². The van der Waals surface area contributed by atoms with Gasteiger partial charge in [0.05, 0.1) is 12.2 Å². The molecular weight excluding hydrogens is 288 g/mol. The molecule has 0 radical (unpaired) electrons. The summed E-state index contributed by atoms with van der Waals surface area (Å²) in [6, 6.07) is 9.79. The Kier molecular flexibility index (Phi) is 4.27. The molecule has 0 amide bonds. The van der Waals surface area contributed by atoms with Crippen molar-refractivity contribution in [2.24, 2.45) is 5.73 Å². The van der Waals surface area contributed by atoms with Crippen LogP contribution in [0, 0.1) is 0 Å². The summed E-state index contributed by atoms with van der Waals surface area (Å²) in [5, 5.41) is 12.2. The van der Waals surface area contributed by atoms with Crippen molar-refractivity contribution in [3.63, 3.8) is 0 Å². The Morgan fingerprint density at radius 2 is 2.10 bits per heavy atom. The van der Waals surface area contributed by atoms with Crippen LogP contribution in [0.1, 0.15) is 5.69 Å². The number of tetrazole rings is 1. The van der Waals surface area contributed by atoms with Crippen molar-refractivity contribution in [3.8, 4) is 11.5 Å². The maximum Gasteiger partial charge on any atom is 0.226 e. The molecule has 0 saturated carbocycles. The van der Waals surface area contributed by atoms with Gasteiger partial charge in [0.15, 0.2) is 0 Å². The minimum absolute atomic E-state index is 0.501. The van der Waals surface area contributed by atoms with Crippen LogP contribution >= 0.6 is 11.8 Å². The van der Waals surface area contributed by atoms with Gasteiger partial charge in [-0.2, -0.15) is 0 Å². The fraction of sp³-hybridized carbons (Fsp3) is 0.231. The highest BCUT2D eigenvalue weighted by Gasteiger charge is 2.10. The van der Waals surface area contributed by atoms with E-state index in [0.29, 0.717) is 24.7 Å². The van der Waals surface area contributed by atoms with Crippen molar-refractivity contribution in [1.29, 1.82) is 0 Å². The molecule has 3 aromatic rings. The van der Waals surface area contributed by atoms with Gasteiger partial charge < -0.3 is 10.2 Å². The van der Waals surface area contributed by atoms with Crippen LogP contribution in [0.4, 0.5) is 0 Å². The number of benzene rings is 1. The average molecular weight is 302 g/mol. The topological polar surface area (TPSA) is 95.7 Å². The fourth-order valence-corrected chi connectivity index (χ4v) is 2.57. The van der Waals surface area contributed by atoms with E-state index >= 15 is 0 Å². The summed E-state index contributed by atoms with van der Waals surface area (Å²) in [7, 11) is 0. The minimum atomic E-state index is 0.501. The first-order chi connectivity index (χ1) is 10.4. The summed E-state index contributed by atoms with van der Waals surface area (Å²) in [4.78, 5) is 4.47. The Bertz CT molecular complexity index is 696. The number of hydrogen-bond donors (Lipinski definition) is 1. The fourth-order valence-electron chi connectivity index (χ4n) is 1.79. The molecule has 108 valence electrons. The molecule has 1 aromatic carbocycles. The molecule has 8 heteroatoms. The van der Waals surface area contributed by atoms with E-state index in [1.807, 2.05) is 30.3 Å². The van der Waals surface area contributed by atoms with Crippen LogP contribution in [-0.4, -0.2) is 31.7 Å². The number of aromatic nitrogens is 5. The highest BCUT2D eigenvalue weighted by Crippen LogP contribution is 2.23. The summed E-state index contributed by atoms with van der Waals surface area (Å²) >= 11 is 1.50. The summed E-state index contributed by atoms with van der Waals surface area (Å²) < 4.78 is 7.18. The first-order valence-electron chi connectivity index (χ1n) is 6.45. The van der Waals surface area contributed by atoms with Crippen LogP contribution in [0.5, 0.6) is 0 Å². The van der Waals surface area contributed by atoms with E-state index in [4.69, 9.17) is 10.2 Å². The molecule has 0 aliphatic carbocycles. The van der Waals surface area contributed by atoms with E-state index in [9.17, 15) is 0 Å². The summed E-state index contributed by atoms with van der Waals surface area (Å²) in [6.45, 7) is 1.10. The zero-order valence-corrected chi connectivity index (χ0v) is 12.0. The van der Waals surface area contributed by atoms with E-state index in [1.165, 1.54) is 11.8 Å². The maximum absolute atomic E-state index is 5.51. The normalized spacial score (nSPS) is 10.9. The molecule has 0 unspecified atom stereocenters. The Labute approximate surface area is 125 Å². The lowest BCUT2D eigenvalue weighted by Gasteiger charge is -2.00. The number of thioether (sulfide) groups is 1. The second-order valence-electron chi connectivity index (χ2n) is 4.27. The molecule has 0 aliphatic rings. The largest absolute Gasteiger partial charge is 0.444 e. The van der Waals surface area contributed by atoms with Gasteiger partial charge in [0, 0.05) is 17.9 Å². The Morgan fingerprint density at radius 3 is 2.90 bits per heavy atom. The molecular formula is C13H14N6OS. The van der Waals surface area contributed by atoms with Crippen LogP contribution in [0.3, 0.4) is 0 Å². The lowest BCUT2D eigenvalue weighted by atomic mass is 10.2. The summed E-state index contributed by atoms with van der Waals surface area (Å²) in [6.07, 6.45) is 1.66. The van der Waals surface area contributed by atoms with Gasteiger partial charge in [-0.3, -0.25) is 0 Å². The van der Waals surface area contributed by atoms with Crippen LogP contribution in [-0.2, 0) is 12.3 Å². The van der Waals surface area contributed by atoms with Crippen LogP contribution in [0.2, 0.25) is 0 Å². The maximum atomic E-state index is 5.51. The van der Waals surface area contributed by atoms with Gasteiger partial charge in [-0.05, 0) is 22.6 Å². The zero-order valence-electron chi connectivity index (χ0n) is 11.2. The van der Waals surface area contributed by atoms with Gasteiger partial charge in [0.1, 0.15) is 6.26 Å². The Morgan fingerprint density at radius 1 is 1.24 bits per heavy atom. The standard InChI is InChI=1S/C13H14N6OS/c14-6-7-19-13(16-17-18-19)21-9-11-8-20-12(15-11)10-4-2-1-3-5-10/h1-5,8H,6-7,9,14H2. The van der Waals surface area contributed by atoms with Gasteiger partial charge in [0.2, 0.25) is 11.0 Å². The van der Waals surface area contributed by atoms with Gasteiger partial charge in [-0.25, -0.2) is 9.67 Å². The molecule has 2 heterocycles. The first kappa shape index (κ1) is 13.8. The van der Waals surface area contributed by atoms with Crippen molar-refractivity contribution < 1.29 is 4.42 Å². The average Bonchev–Trinajstić information content (AvgIpc) is 3.16. The predicted octanol–water partition coefficient (Wildman–Crippen LogP) is 1.58. The van der Waals surface area contributed by atoms with E-state index < -0.39 is 0 Å². The summed E-state index contributed by atoms with van der Waals surface area (Å²) in [5.74, 6) is 1.26. The molecule has 0 saturated heterocycles. The van der Waals surface area contributed by atoms with Crippen LogP contribution < -0.4 is 5.73 Å². The van der Waals surface area contributed by atoms with Crippen molar-refractivity contribution in [1.82, 2.24) is 25.2 Å². The minimum Gasteiger partial charge on any atom is -0.444 e. The first-order valence-corrected chi connectivity index (χ1v) is 7.44. The molecule has 2 N–H and O–H groups in total. The number of hydrogen-bond acceptors (Lipinski definition) is 7. The molecule has 0 bridgehead atoms. The summed E-state index contributed by atoms with van der Waals surface area (Å²) in [5.41, 5.74) is 7.32. The van der Waals surface area contributed by atoms with Gasteiger partial charge in [-0.1, -0.05) is 30.0 Å². The van der Waals surface area contributed by atoms with Crippen LogP contribution in [0.25, 0.3) is 11.5 Å². The predicted molar refractivity (Wildman–Crippen MR) is 78.4 cm³/mol. The highest BCUT2D eigenvalue weighted by molar-refractivity contribution is 7.98. The molecule has 2 aromatic heterocycles. The van der Waals surface area contributed by atoms with E-state index in [0.717, 1.165) is 16.4 Å². The van der Waals surface area contributed by atoms with Crippen molar-refractivity contribution in [2.75, 3.05) is 6.54 Å². The SMILES string of the molecule is NCCn1nnnc1SCc1coc(-c2ccccc2)n1. The quantitative estimate of drug-likeness (QED) is 0.690. The van der Waals surface area contributed by atoms with Crippen molar-refractivity contribution in [3.05, 3.63) is 42.3 Å². The molecule has 3 rings (SSSR count). The van der Waals surface area contributed by atoms with E-state index in [-0.39, 0.29) is 0 Å². The van der Waals surface area contributed by atoms with E-state index in [2.05, 4.69) is 20.5 Å². The lowest BCUT2D eigenvalue weighted by Crippen LogP contribution is -2.12. The molecule has 0 aliphatic heterocycles. The number of nitrogens with two attached hydrogens (primary N) is 1. The Balaban J connectivity index is 1.66. The second-order valence-corrected chi connectivity index (χ2v) is 5.21. The molecule has 7 nitrogen and oxygen atoms in total. The molecule has 21 heavy (non-hydrogen) atoms. The molecule has 0 spiro atoms. The highest BCUT2D eigenvalue weighted by atomic mass is 32.2. The monoisotopic (exact) mass is 302 g/mol. The number of oxazole rings is 1.